The molecular weight excluding hydrogens is 196 g/mol. The maximum atomic E-state index is 4.94. The summed E-state index contributed by atoms with van der Waals surface area (Å²) in [5.74, 6) is 0.748. The number of nitrogens with zero attached hydrogens (tertiary/aromatic N) is 1. The third kappa shape index (κ3) is 1.35. The zero-order chi connectivity index (χ0) is 11.1. The standard InChI is InChI=1S/C14H20N2/c1-9-13(10-5-3-6-10)16-12-8-4-7-11(12)14(9)15-2/h10H,3-8H2,1-2H3,(H,15,16). The van der Waals surface area contributed by atoms with Crippen LogP contribution < -0.4 is 5.32 Å². The minimum atomic E-state index is 0.748. The zero-order valence-corrected chi connectivity index (χ0v) is 10.3. The molecule has 0 bridgehead atoms. The van der Waals surface area contributed by atoms with Crippen molar-refractivity contribution in [3.63, 3.8) is 0 Å². The quantitative estimate of drug-likeness (QED) is 0.821. The van der Waals surface area contributed by atoms with Gasteiger partial charge in [0.1, 0.15) is 0 Å². The molecule has 86 valence electrons. The number of fused-ring (bicyclic) bond motifs is 1. The van der Waals surface area contributed by atoms with E-state index in [1.165, 1.54) is 66.7 Å². The lowest BCUT2D eigenvalue weighted by atomic mass is 9.80. The van der Waals surface area contributed by atoms with Crippen LogP contribution >= 0.6 is 0 Å². The van der Waals surface area contributed by atoms with Crippen molar-refractivity contribution < 1.29 is 0 Å². The lowest BCUT2D eigenvalue weighted by molar-refractivity contribution is 0.409. The highest BCUT2D eigenvalue weighted by atomic mass is 14.9. The highest BCUT2D eigenvalue weighted by Gasteiger charge is 2.27. The number of aromatic nitrogens is 1. The summed E-state index contributed by atoms with van der Waals surface area (Å²) in [4.78, 5) is 4.94. The lowest BCUT2D eigenvalue weighted by Gasteiger charge is -2.28. The Morgan fingerprint density at radius 1 is 1.19 bits per heavy atom. The molecule has 0 amide bonds. The third-order valence-corrected chi connectivity index (χ3v) is 4.25. The molecule has 3 rings (SSSR count). The molecule has 1 aromatic rings. The van der Waals surface area contributed by atoms with Gasteiger partial charge in [0.05, 0.1) is 0 Å². The van der Waals surface area contributed by atoms with Crippen LogP contribution in [0.2, 0.25) is 0 Å². The molecule has 0 spiro atoms. The van der Waals surface area contributed by atoms with Crippen molar-refractivity contribution in [2.75, 3.05) is 12.4 Å². The molecule has 2 aliphatic carbocycles. The highest BCUT2D eigenvalue weighted by Crippen LogP contribution is 2.41. The van der Waals surface area contributed by atoms with Crippen molar-refractivity contribution in [2.45, 2.75) is 51.4 Å². The molecule has 1 N–H and O–H groups in total. The van der Waals surface area contributed by atoms with Crippen LogP contribution in [0, 0.1) is 6.92 Å². The number of hydrogen-bond donors (Lipinski definition) is 1. The number of hydrogen-bond acceptors (Lipinski definition) is 2. The Morgan fingerprint density at radius 3 is 2.62 bits per heavy atom. The summed E-state index contributed by atoms with van der Waals surface area (Å²) in [5.41, 5.74) is 7.04. The second-order valence-corrected chi connectivity index (χ2v) is 5.15. The molecule has 0 aliphatic heterocycles. The molecule has 2 aliphatic rings. The molecule has 1 saturated carbocycles. The minimum absolute atomic E-state index is 0.748. The third-order valence-electron chi connectivity index (χ3n) is 4.25. The van der Waals surface area contributed by atoms with Gasteiger partial charge in [-0.05, 0) is 50.2 Å². The van der Waals surface area contributed by atoms with Crippen LogP contribution in [0.3, 0.4) is 0 Å². The van der Waals surface area contributed by atoms with Crippen LogP contribution in [0.1, 0.15) is 54.1 Å². The van der Waals surface area contributed by atoms with E-state index in [0.717, 1.165) is 5.92 Å². The van der Waals surface area contributed by atoms with Gasteiger partial charge in [-0.3, -0.25) is 4.98 Å². The first-order valence-corrected chi connectivity index (χ1v) is 6.51. The van der Waals surface area contributed by atoms with E-state index in [2.05, 4.69) is 12.2 Å². The molecule has 0 unspecified atom stereocenters. The van der Waals surface area contributed by atoms with Crippen LogP contribution in [-0.2, 0) is 12.8 Å². The number of nitrogens with one attached hydrogen (secondary N) is 1. The first-order chi connectivity index (χ1) is 7.81. The van der Waals surface area contributed by atoms with E-state index in [0.29, 0.717) is 0 Å². The molecule has 16 heavy (non-hydrogen) atoms. The summed E-state index contributed by atoms with van der Waals surface area (Å²) in [6.45, 7) is 2.24. The van der Waals surface area contributed by atoms with E-state index in [9.17, 15) is 0 Å². The van der Waals surface area contributed by atoms with Crippen molar-refractivity contribution in [1.82, 2.24) is 4.98 Å². The van der Waals surface area contributed by atoms with Gasteiger partial charge in [0, 0.05) is 30.0 Å². The fourth-order valence-corrected chi connectivity index (χ4v) is 3.12. The van der Waals surface area contributed by atoms with Gasteiger partial charge in [-0.1, -0.05) is 6.42 Å². The Balaban J connectivity index is 2.12. The van der Waals surface area contributed by atoms with Crippen molar-refractivity contribution in [3.8, 4) is 0 Å². The maximum absolute atomic E-state index is 4.94. The SMILES string of the molecule is CNc1c(C)c(C2CCC2)nc2c1CCC2. The van der Waals surface area contributed by atoms with Gasteiger partial charge >= 0.3 is 0 Å². The molecule has 1 aromatic heterocycles. The smallest absolute Gasteiger partial charge is 0.0487 e. The molecule has 0 aromatic carbocycles. The van der Waals surface area contributed by atoms with Crippen LogP contribution in [-0.4, -0.2) is 12.0 Å². The molecule has 2 heteroatoms. The van der Waals surface area contributed by atoms with Crippen molar-refractivity contribution in [3.05, 3.63) is 22.5 Å². The van der Waals surface area contributed by atoms with Gasteiger partial charge in [-0.2, -0.15) is 0 Å². The Morgan fingerprint density at radius 2 is 2.00 bits per heavy atom. The average Bonchev–Trinajstić information content (AvgIpc) is 2.64. The largest absolute Gasteiger partial charge is 0.388 e. The molecule has 1 heterocycles. The van der Waals surface area contributed by atoms with E-state index >= 15 is 0 Å². The Hall–Kier alpha value is -1.05. The molecule has 0 atom stereocenters. The second-order valence-electron chi connectivity index (χ2n) is 5.15. The van der Waals surface area contributed by atoms with Crippen LogP contribution in [0.5, 0.6) is 0 Å². The lowest BCUT2D eigenvalue weighted by Crippen LogP contribution is -2.15. The summed E-state index contributed by atoms with van der Waals surface area (Å²) in [6.07, 6.45) is 7.75. The van der Waals surface area contributed by atoms with E-state index in [-0.39, 0.29) is 0 Å². The average molecular weight is 216 g/mol. The van der Waals surface area contributed by atoms with E-state index < -0.39 is 0 Å². The topological polar surface area (TPSA) is 24.9 Å². The monoisotopic (exact) mass is 216 g/mol. The molecule has 1 fully saturated rings. The highest BCUT2D eigenvalue weighted by molar-refractivity contribution is 5.61. The molecular formula is C14H20N2. The number of pyridine rings is 1. The molecule has 0 radical (unpaired) electrons. The van der Waals surface area contributed by atoms with Crippen LogP contribution in [0.4, 0.5) is 5.69 Å². The predicted molar refractivity (Wildman–Crippen MR) is 67.1 cm³/mol. The maximum Gasteiger partial charge on any atom is 0.0487 e. The Labute approximate surface area is 97.5 Å². The second kappa shape index (κ2) is 3.76. The van der Waals surface area contributed by atoms with Crippen LogP contribution in [0.15, 0.2) is 0 Å². The van der Waals surface area contributed by atoms with E-state index in [1.807, 2.05) is 7.05 Å². The zero-order valence-electron chi connectivity index (χ0n) is 10.3. The summed E-state index contributed by atoms with van der Waals surface area (Å²) < 4.78 is 0. The molecule has 2 nitrogen and oxygen atoms in total. The summed E-state index contributed by atoms with van der Waals surface area (Å²) in [7, 11) is 2.05. The summed E-state index contributed by atoms with van der Waals surface area (Å²) >= 11 is 0. The molecule has 0 saturated heterocycles. The summed E-state index contributed by atoms with van der Waals surface area (Å²) in [5, 5.41) is 3.40. The Kier molecular flexibility index (Phi) is 2.38. The number of aryl methyl sites for hydroxylation is 1. The first-order valence-electron chi connectivity index (χ1n) is 6.51. The van der Waals surface area contributed by atoms with E-state index in [4.69, 9.17) is 4.98 Å². The number of rotatable bonds is 2. The van der Waals surface area contributed by atoms with Crippen molar-refractivity contribution in [1.29, 1.82) is 0 Å². The normalized spacial score (nSPS) is 19.4. The fraction of sp³-hybridized carbons (Fsp3) is 0.643. The first kappa shape index (κ1) is 10.1. The van der Waals surface area contributed by atoms with Gasteiger partial charge in [0.2, 0.25) is 0 Å². The fourth-order valence-electron chi connectivity index (χ4n) is 3.12. The van der Waals surface area contributed by atoms with E-state index in [1.54, 1.807) is 0 Å². The van der Waals surface area contributed by atoms with Crippen molar-refractivity contribution in [2.24, 2.45) is 0 Å². The van der Waals surface area contributed by atoms with Gasteiger partial charge in [-0.15, -0.1) is 0 Å². The minimum Gasteiger partial charge on any atom is -0.388 e. The summed E-state index contributed by atoms with van der Waals surface area (Å²) in [6, 6.07) is 0. The van der Waals surface area contributed by atoms with Crippen molar-refractivity contribution >= 4 is 5.69 Å². The van der Waals surface area contributed by atoms with Gasteiger partial charge in [0.25, 0.3) is 0 Å². The van der Waals surface area contributed by atoms with Gasteiger partial charge in [-0.25, -0.2) is 0 Å². The van der Waals surface area contributed by atoms with Gasteiger partial charge < -0.3 is 5.32 Å². The Bertz CT molecular complexity index is 419. The number of anilines is 1. The predicted octanol–water partition coefficient (Wildman–Crippen LogP) is 3.19. The van der Waals surface area contributed by atoms with Crippen LogP contribution in [0.25, 0.3) is 0 Å². The van der Waals surface area contributed by atoms with Gasteiger partial charge in [0.15, 0.2) is 0 Å².